The van der Waals surface area contributed by atoms with E-state index in [2.05, 4.69) is 29.1 Å². The topological polar surface area (TPSA) is 30.5 Å². The van der Waals surface area contributed by atoms with Crippen molar-refractivity contribution in [2.75, 3.05) is 19.8 Å². The van der Waals surface area contributed by atoms with E-state index >= 15 is 0 Å². The number of hydrogen-bond donors (Lipinski definition) is 1. The van der Waals surface area contributed by atoms with Crippen molar-refractivity contribution in [1.29, 1.82) is 0 Å². The number of hydrogen-bond acceptors (Lipinski definition) is 4. The maximum Gasteiger partial charge on any atom is 0.0741 e. The zero-order valence-electron chi connectivity index (χ0n) is 11.6. The number of ether oxygens (including phenoxy) is 2. The first-order chi connectivity index (χ1) is 9.27. The van der Waals surface area contributed by atoms with Gasteiger partial charge in [0.15, 0.2) is 0 Å². The van der Waals surface area contributed by atoms with Crippen LogP contribution in [0.15, 0.2) is 16.8 Å². The molecule has 19 heavy (non-hydrogen) atoms. The Morgan fingerprint density at radius 2 is 2.21 bits per heavy atom. The van der Waals surface area contributed by atoms with Gasteiger partial charge in [-0.2, -0.15) is 11.3 Å². The van der Waals surface area contributed by atoms with Crippen LogP contribution < -0.4 is 5.32 Å². The van der Waals surface area contributed by atoms with Gasteiger partial charge in [-0.1, -0.05) is 0 Å². The van der Waals surface area contributed by atoms with Crippen LogP contribution in [0, 0.1) is 0 Å². The van der Waals surface area contributed by atoms with E-state index in [1.807, 2.05) is 0 Å². The normalized spacial score (nSPS) is 28.4. The van der Waals surface area contributed by atoms with Crippen LogP contribution in [-0.2, 0) is 9.47 Å². The zero-order valence-corrected chi connectivity index (χ0v) is 12.4. The summed E-state index contributed by atoms with van der Waals surface area (Å²) in [6, 6.07) is 3.22. The summed E-state index contributed by atoms with van der Waals surface area (Å²) in [5.74, 6) is 0. The Hall–Kier alpha value is -0.420. The predicted octanol–water partition coefficient (Wildman–Crippen LogP) is 3.13. The average molecular weight is 281 g/mol. The van der Waals surface area contributed by atoms with Crippen LogP contribution in [0.3, 0.4) is 0 Å². The smallest absolute Gasteiger partial charge is 0.0741 e. The molecule has 3 nitrogen and oxygen atoms in total. The minimum Gasteiger partial charge on any atom is -0.381 e. The second-order valence-corrected chi connectivity index (χ2v) is 6.56. The SMILES string of the molecule is CC(NC1CCOC2(CCOCC2)C1)c1ccsc1. The summed E-state index contributed by atoms with van der Waals surface area (Å²) in [6.45, 7) is 4.85. The Bertz CT molecular complexity index is 381. The van der Waals surface area contributed by atoms with Gasteiger partial charge in [-0.05, 0) is 55.0 Å². The number of rotatable bonds is 3. The molecule has 2 aliphatic rings. The molecule has 0 radical (unpaired) electrons. The Kier molecular flexibility index (Phi) is 4.22. The Morgan fingerprint density at radius 1 is 1.37 bits per heavy atom. The fourth-order valence-electron chi connectivity index (χ4n) is 3.23. The highest BCUT2D eigenvalue weighted by atomic mass is 32.1. The van der Waals surface area contributed by atoms with Crippen LogP contribution in [0.2, 0.25) is 0 Å². The molecule has 0 saturated carbocycles. The molecule has 2 aliphatic heterocycles. The standard InChI is InChI=1S/C15H23NO2S/c1-12(13-3-9-19-11-13)16-14-2-6-18-15(10-14)4-7-17-8-5-15/h3,9,11-12,14,16H,2,4-8,10H2,1H3. The van der Waals surface area contributed by atoms with Crippen LogP contribution in [0.5, 0.6) is 0 Å². The Morgan fingerprint density at radius 3 is 2.95 bits per heavy atom. The van der Waals surface area contributed by atoms with E-state index in [4.69, 9.17) is 9.47 Å². The molecule has 0 bridgehead atoms. The van der Waals surface area contributed by atoms with E-state index in [0.29, 0.717) is 12.1 Å². The zero-order chi connectivity index (χ0) is 13.1. The van der Waals surface area contributed by atoms with Crippen LogP contribution in [0.1, 0.15) is 44.2 Å². The molecule has 0 aliphatic carbocycles. The molecular weight excluding hydrogens is 258 g/mol. The molecule has 2 fully saturated rings. The van der Waals surface area contributed by atoms with E-state index in [1.54, 1.807) is 11.3 Å². The maximum absolute atomic E-state index is 6.09. The first-order valence-corrected chi connectivity index (χ1v) is 8.22. The van der Waals surface area contributed by atoms with Crippen molar-refractivity contribution in [1.82, 2.24) is 5.32 Å². The molecule has 1 aromatic heterocycles. The summed E-state index contributed by atoms with van der Waals surface area (Å²) in [5, 5.41) is 8.17. The summed E-state index contributed by atoms with van der Waals surface area (Å²) in [6.07, 6.45) is 4.36. The summed E-state index contributed by atoms with van der Waals surface area (Å²) < 4.78 is 11.6. The molecule has 1 aromatic rings. The molecule has 0 aromatic carbocycles. The summed E-state index contributed by atoms with van der Waals surface area (Å²) >= 11 is 1.77. The Labute approximate surface area is 119 Å². The van der Waals surface area contributed by atoms with E-state index in [-0.39, 0.29) is 5.60 Å². The third kappa shape index (κ3) is 3.19. The molecular formula is C15H23NO2S. The predicted molar refractivity (Wildman–Crippen MR) is 77.6 cm³/mol. The third-order valence-corrected chi connectivity index (χ3v) is 5.13. The largest absolute Gasteiger partial charge is 0.381 e. The molecule has 3 rings (SSSR count). The van der Waals surface area contributed by atoms with E-state index in [0.717, 1.165) is 45.5 Å². The Balaban J connectivity index is 1.59. The summed E-state index contributed by atoms with van der Waals surface area (Å²) in [7, 11) is 0. The second kappa shape index (κ2) is 5.92. The molecule has 106 valence electrons. The molecule has 2 saturated heterocycles. The van der Waals surface area contributed by atoms with E-state index in [9.17, 15) is 0 Å². The number of nitrogens with one attached hydrogen (secondary N) is 1. The molecule has 2 unspecified atom stereocenters. The third-order valence-electron chi connectivity index (χ3n) is 4.43. The lowest BCUT2D eigenvalue weighted by Crippen LogP contribution is -2.50. The van der Waals surface area contributed by atoms with E-state index < -0.39 is 0 Å². The van der Waals surface area contributed by atoms with E-state index in [1.165, 1.54) is 5.56 Å². The van der Waals surface area contributed by atoms with Crippen LogP contribution in [0.25, 0.3) is 0 Å². The fourth-order valence-corrected chi connectivity index (χ4v) is 3.99. The van der Waals surface area contributed by atoms with Crippen molar-refractivity contribution >= 4 is 11.3 Å². The minimum absolute atomic E-state index is 0.0858. The number of thiophene rings is 1. The minimum atomic E-state index is 0.0858. The van der Waals surface area contributed by atoms with Crippen molar-refractivity contribution in [3.63, 3.8) is 0 Å². The van der Waals surface area contributed by atoms with Crippen molar-refractivity contribution in [2.24, 2.45) is 0 Å². The van der Waals surface area contributed by atoms with Gasteiger partial charge in [0.2, 0.25) is 0 Å². The van der Waals surface area contributed by atoms with Crippen LogP contribution in [0.4, 0.5) is 0 Å². The summed E-state index contributed by atoms with van der Waals surface area (Å²) in [5.41, 5.74) is 1.49. The fraction of sp³-hybridized carbons (Fsp3) is 0.733. The van der Waals surface area contributed by atoms with Crippen molar-refractivity contribution < 1.29 is 9.47 Å². The van der Waals surface area contributed by atoms with Gasteiger partial charge in [-0.3, -0.25) is 0 Å². The van der Waals surface area contributed by atoms with Crippen molar-refractivity contribution in [3.05, 3.63) is 22.4 Å². The van der Waals surface area contributed by atoms with Gasteiger partial charge in [-0.15, -0.1) is 0 Å². The second-order valence-electron chi connectivity index (χ2n) is 5.78. The van der Waals surface area contributed by atoms with Gasteiger partial charge in [0.25, 0.3) is 0 Å². The van der Waals surface area contributed by atoms with Gasteiger partial charge in [-0.25, -0.2) is 0 Å². The molecule has 4 heteroatoms. The van der Waals surface area contributed by atoms with Gasteiger partial charge >= 0.3 is 0 Å². The highest BCUT2D eigenvalue weighted by Gasteiger charge is 2.39. The molecule has 2 atom stereocenters. The lowest BCUT2D eigenvalue weighted by atomic mass is 9.84. The lowest BCUT2D eigenvalue weighted by Gasteiger charge is -2.44. The first-order valence-electron chi connectivity index (χ1n) is 7.27. The van der Waals surface area contributed by atoms with Gasteiger partial charge in [0.1, 0.15) is 0 Å². The van der Waals surface area contributed by atoms with Gasteiger partial charge < -0.3 is 14.8 Å². The molecule has 3 heterocycles. The van der Waals surface area contributed by atoms with Gasteiger partial charge in [0.05, 0.1) is 5.60 Å². The lowest BCUT2D eigenvalue weighted by molar-refractivity contribution is -0.140. The maximum atomic E-state index is 6.09. The molecule has 0 amide bonds. The summed E-state index contributed by atoms with van der Waals surface area (Å²) in [4.78, 5) is 0. The quantitative estimate of drug-likeness (QED) is 0.923. The highest BCUT2D eigenvalue weighted by Crippen LogP contribution is 2.35. The average Bonchev–Trinajstić information content (AvgIpc) is 2.93. The van der Waals surface area contributed by atoms with Crippen molar-refractivity contribution in [3.8, 4) is 0 Å². The first kappa shape index (κ1) is 13.6. The van der Waals surface area contributed by atoms with Crippen LogP contribution in [-0.4, -0.2) is 31.5 Å². The van der Waals surface area contributed by atoms with Gasteiger partial charge in [0, 0.05) is 31.9 Å². The van der Waals surface area contributed by atoms with Crippen molar-refractivity contribution in [2.45, 2.75) is 50.3 Å². The highest BCUT2D eigenvalue weighted by molar-refractivity contribution is 7.07. The molecule has 1 spiro atoms. The van der Waals surface area contributed by atoms with Crippen LogP contribution >= 0.6 is 11.3 Å². The monoisotopic (exact) mass is 281 g/mol. The molecule has 1 N–H and O–H groups in total.